The van der Waals surface area contributed by atoms with Crippen molar-refractivity contribution in [1.82, 2.24) is 4.98 Å². The van der Waals surface area contributed by atoms with E-state index in [9.17, 15) is 4.79 Å². The second-order valence-electron chi connectivity index (χ2n) is 6.97. The summed E-state index contributed by atoms with van der Waals surface area (Å²) in [5, 5.41) is 18.4. The Kier molecular flexibility index (Phi) is 10.2. The summed E-state index contributed by atoms with van der Waals surface area (Å²) in [5.41, 5.74) is 2.76. The Morgan fingerprint density at radius 2 is 1.87 bits per heavy atom. The van der Waals surface area contributed by atoms with Crippen molar-refractivity contribution in [3.05, 3.63) is 41.6 Å². The molecule has 0 radical (unpaired) electrons. The zero-order valence-corrected chi connectivity index (χ0v) is 18.3. The number of hydrogen-bond donors (Lipinski definition) is 4. The SMILES string of the molecule is CNc1ccc(Cl)cc1NC.O=C(Nc1ccnc(OCCO)c1)C1CCCCC1. The van der Waals surface area contributed by atoms with Crippen LogP contribution in [0.1, 0.15) is 32.1 Å². The molecule has 30 heavy (non-hydrogen) atoms. The number of rotatable bonds is 7. The number of halogens is 1. The molecule has 0 saturated heterocycles. The van der Waals surface area contributed by atoms with Gasteiger partial charge in [-0.05, 0) is 37.1 Å². The molecule has 0 spiro atoms. The largest absolute Gasteiger partial charge is 0.475 e. The van der Waals surface area contributed by atoms with Gasteiger partial charge < -0.3 is 25.8 Å². The first kappa shape index (κ1) is 23.8. The number of pyridine rings is 1. The van der Waals surface area contributed by atoms with Crippen molar-refractivity contribution in [2.75, 3.05) is 43.3 Å². The van der Waals surface area contributed by atoms with E-state index in [0.717, 1.165) is 42.1 Å². The lowest BCUT2D eigenvalue weighted by Gasteiger charge is -2.20. The predicted octanol–water partition coefficient (Wildman–Crippen LogP) is 4.39. The number of aliphatic hydroxyl groups is 1. The van der Waals surface area contributed by atoms with Crippen LogP contribution in [0.2, 0.25) is 5.02 Å². The highest BCUT2D eigenvalue weighted by molar-refractivity contribution is 6.31. The number of nitrogens with one attached hydrogen (secondary N) is 3. The van der Waals surface area contributed by atoms with E-state index in [0.29, 0.717) is 11.6 Å². The van der Waals surface area contributed by atoms with Crippen LogP contribution in [0.4, 0.5) is 17.1 Å². The minimum atomic E-state index is -0.0552. The molecule has 8 heteroatoms. The van der Waals surface area contributed by atoms with Crippen molar-refractivity contribution in [3.63, 3.8) is 0 Å². The van der Waals surface area contributed by atoms with Crippen LogP contribution in [0.15, 0.2) is 36.5 Å². The first-order valence-corrected chi connectivity index (χ1v) is 10.6. The summed E-state index contributed by atoms with van der Waals surface area (Å²) >= 11 is 5.78. The van der Waals surface area contributed by atoms with Gasteiger partial charge in [0.2, 0.25) is 11.8 Å². The first-order chi connectivity index (χ1) is 14.6. The number of ether oxygens (including phenoxy) is 1. The molecule has 2 aromatic rings. The molecule has 0 atom stereocenters. The number of amides is 1. The van der Waals surface area contributed by atoms with Crippen LogP contribution in [0.25, 0.3) is 0 Å². The highest BCUT2D eigenvalue weighted by Crippen LogP contribution is 2.26. The van der Waals surface area contributed by atoms with Gasteiger partial charge in [0.05, 0.1) is 18.0 Å². The van der Waals surface area contributed by atoms with Gasteiger partial charge >= 0.3 is 0 Å². The van der Waals surface area contributed by atoms with E-state index in [1.807, 2.05) is 32.3 Å². The predicted molar refractivity (Wildman–Crippen MR) is 123 cm³/mol. The number of benzene rings is 1. The van der Waals surface area contributed by atoms with Crippen LogP contribution in [-0.2, 0) is 4.79 Å². The Balaban J connectivity index is 0.000000248. The van der Waals surface area contributed by atoms with Gasteiger partial charge in [-0.1, -0.05) is 30.9 Å². The van der Waals surface area contributed by atoms with Crippen LogP contribution in [-0.4, -0.2) is 43.3 Å². The smallest absolute Gasteiger partial charge is 0.227 e. The minimum absolute atomic E-state index is 0.0552. The molecule has 0 bridgehead atoms. The van der Waals surface area contributed by atoms with Gasteiger partial charge in [0.25, 0.3) is 0 Å². The van der Waals surface area contributed by atoms with Crippen molar-refractivity contribution in [1.29, 1.82) is 0 Å². The molecule has 1 aromatic carbocycles. The van der Waals surface area contributed by atoms with E-state index < -0.39 is 0 Å². The maximum absolute atomic E-state index is 12.1. The lowest BCUT2D eigenvalue weighted by Crippen LogP contribution is -2.24. The van der Waals surface area contributed by atoms with Gasteiger partial charge in [-0.2, -0.15) is 0 Å². The fraction of sp³-hybridized carbons (Fsp3) is 0.455. The maximum Gasteiger partial charge on any atom is 0.227 e. The number of carbonyl (C=O) groups is 1. The molecule has 164 valence electrons. The number of aromatic nitrogens is 1. The van der Waals surface area contributed by atoms with Crippen molar-refractivity contribution in [2.45, 2.75) is 32.1 Å². The first-order valence-electron chi connectivity index (χ1n) is 10.2. The van der Waals surface area contributed by atoms with E-state index in [1.54, 1.807) is 18.3 Å². The molecular weight excluding hydrogens is 404 g/mol. The molecule has 1 fully saturated rings. The third-order valence-electron chi connectivity index (χ3n) is 4.84. The van der Waals surface area contributed by atoms with Crippen LogP contribution in [0.3, 0.4) is 0 Å². The van der Waals surface area contributed by atoms with E-state index in [2.05, 4.69) is 20.9 Å². The molecule has 4 N–H and O–H groups in total. The molecule has 0 aliphatic heterocycles. The summed E-state index contributed by atoms with van der Waals surface area (Å²) in [7, 11) is 3.75. The number of carbonyl (C=O) groups excluding carboxylic acids is 1. The van der Waals surface area contributed by atoms with Crippen molar-refractivity contribution in [2.24, 2.45) is 5.92 Å². The Morgan fingerprint density at radius 3 is 2.53 bits per heavy atom. The topological polar surface area (TPSA) is 95.5 Å². The van der Waals surface area contributed by atoms with Crippen LogP contribution >= 0.6 is 11.6 Å². The monoisotopic (exact) mass is 434 g/mol. The number of nitrogens with zero attached hydrogens (tertiary/aromatic N) is 1. The minimum Gasteiger partial charge on any atom is -0.475 e. The Labute approximate surface area is 183 Å². The van der Waals surface area contributed by atoms with E-state index in [4.69, 9.17) is 21.4 Å². The van der Waals surface area contributed by atoms with Crippen molar-refractivity contribution >= 4 is 34.6 Å². The summed E-state index contributed by atoms with van der Waals surface area (Å²) in [6.07, 6.45) is 7.05. The summed E-state index contributed by atoms with van der Waals surface area (Å²) in [4.78, 5) is 16.1. The van der Waals surface area contributed by atoms with Gasteiger partial charge in [0, 0.05) is 43.0 Å². The van der Waals surface area contributed by atoms with Crippen molar-refractivity contribution in [3.8, 4) is 5.88 Å². The van der Waals surface area contributed by atoms with Gasteiger partial charge in [0.1, 0.15) is 6.61 Å². The molecule has 1 aromatic heterocycles. The quantitative estimate of drug-likeness (QED) is 0.516. The van der Waals surface area contributed by atoms with Crippen LogP contribution in [0, 0.1) is 5.92 Å². The number of aliphatic hydroxyl groups excluding tert-OH is 1. The highest BCUT2D eigenvalue weighted by atomic mass is 35.5. The molecule has 0 unspecified atom stereocenters. The summed E-state index contributed by atoms with van der Waals surface area (Å²) in [6.45, 7) is 0.146. The molecule has 1 amide bonds. The van der Waals surface area contributed by atoms with Gasteiger partial charge in [0.15, 0.2) is 0 Å². The maximum atomic E-state index is 12.1. The fourth-order valence-corrected chi connectivity index (χ4v) is 3.44. The molecule has 1 aliphatic carbocycles. The normalized spacial score (nSPS) is 13.6. The van der Waals surface area contributed by atoms with Crippen molar-refractivity contribution < 1.29 is 14.6 Å². The Bertz CT molecular complexity index is 798. The lowest BCUT2D eigenvalue weighted by molar-refractivity contribution is -0.120. The third kappa shape index (κ3) is 7.72. The summed E-state index contributed by atoms with van der Waals surface area (Å²) < 4.78 is 5.21. The molecule has 7 nitrogen and oxygen atoms in total. The van der Waals surface area contributed by atoms with Gasteiger partial charge in [-0.3, -0.25) is 4.79 Å². The van der Waals surface area contributed by atoms with E-state index in [1.165, 1.54) is 6.42 Å². The zero-order valence-electron chi connectivity index (χ0n) is 17.6. The second kappa shape index (κ2) is 12.9. The van der Waals surface area contributed by atoms with E-state index >= 15 is 0 Å². The van der Waals surface area contributed by atoms with E-state index in [-0.39, 0.29) is 25.0 Å². The standard InChI is InChI=1S/C14H20N2O3.C8H11ClN2/c17-8-9-19-13-10-12(6-7-15-13)16-14(18)11-4-2-1-3-5-11;1-10-7-4-3-6(9)5-8(7)11-2/h6-7,10-11,17H,1-5,8-9H2,(H,15,16,18);3-5,10-11H,1-2H3. The second-order valence-corrected chi connectivity index (χ2v) is 7.41. The molecule has 1 saturated carbocycles. The van der Waals surface area contributed by atoms with Crippen LogP contribution in [0.5, 0.6) is 5.88 Å². The lowest BCUT2D eigenvalue weighted by atomic mass is 9.88. The Morgan fingerprint density at radius 1 is 1.13 bits per heavy atom. The third-order valence-corrected chi connectivity index (χ3v) is 5.07. The average molecular weight is 435 g/mol. The fourth-order valence-electron chi connectivity index (χ4n) is 3.27. The molecule has 1 aliphatic rings. The summed E-state index contributed by atoms with van der Waals surface area (Å²) in [5.74, 6) is 0.623. The average Bonchev–Trinajstić information content (AvgIpc) is 2.79. The highest BCUT2D eigenvalue weighted by Gasteiger charge is 2.21. The van der Waals surface area contributed by atoms with Crippen LogP contribution < -0.4 is 20.7 Å². The molecule has 1 heterocycles. The van der Waals surface area contributed by atoms with Gasteiger partial charge in [-0.25, -0.2) is 4.98 Å². The Hall–Kier alpha value is -2.51. The molecular formula is C22H31ClN4O3. The summed E-state index contributed by atoms with van der Waals surface area (Å²) in [6, 6.07) is 9.10. The number of hydrogen-bond acceptors (Lipinski definition) is 6. The zero-order chi connectivity index (χ0) is 21.8. The molecule has 3 rings (SSSR count). The number of anilines is 3. The van der Waals surface area contributed by atoms with Gasteiger partial charge in [-0.15, -0.1) is 0 Å².